The summed E-state index contributed by atoms with van der Waals surface area (Å²) in [6.07, 6.45) is 3.82. The highest BCUT2D eigenvalue weighted by Gasteiger charge is 2.16. The number of methoxy groups -OCH3 is 1. The molecular formula is C11H20N2O2. The summed E-state index contributed by atoms with van der Waals surface area (Å²) in [6, 6.07) is 0. The highest BCUT2D eigenvalue weighted by Crippen LogP contribution is 2.15. The molecule has 0 saturated heterocycles. The third-order valence-corrected chi connectivity index (χ3v) is 2.51. The Balaban J connectivity index is 2.49. The standard InChI is InChI=1S/C11H20N2O2/c1-12(2)7-8-13-6-4-5-10(9-13)11(14)15-3/h9H,4-8H2,1-3H3. The molecular weight excluding hydrogens is 192 g/mol. The zero-order valence-electron chi connectivity index (χ0n) is 9.82. The number of esters is 1. The number of carbonyl (C=O) groups excluding carboxylic acids is 1. The van der Waals surface area contributed by atoms with E-state index >= 15 is 0 Å². The van der Waals surface area contributed by atoms with Gasteiger partial charge < -0.3 is 14.5 Å². The lowest BCUT2D eigenvalue weighted by molar-refractivity contribution is -0.136. The SMILES string of the molecule is COC(=O)C1=CN(CCN(C)C)CCC1. The van der Waals surface area contributed by atoms with Crippen molar-refractivity contribution in [2.75, 3.05) is 40.8 Å². The minimum Gasteiger partial charge on any atom is -0.466 e. The summed E-state index contributed by atoms with van der Waals surface area (Å²) >= 11 is 0. The van der Waals surface area contributed by atoms with E-state index in [4.69, 9.17) is 4.74 Å². The first-order valence-corrected chi connectivity index (χ1v) is 5.31. The number of nitrogens with zero attached hydrogens (tertiary/aromatic N) is 2. The third-order valence-electron chi connectivity index (χ3n) is 2.51. The third kappa shape index (κ3) is 3.91. The Morgan fingerprint density at radius 3 is 2.93 bits per heavy atom. The van der Waals surface area contributed by atoms with Gasteiger partial charge in [0.05, 0.1) is 12.7 Å². The number of likely N-dealkylation sites (N-methyl/N-ethyl adjacent to an activating group) is 1. The van der Waals surface area contributed by atoms with E-state index in [0.717, 1.165) is 38.0 Å². The van der Waals surface area contributed by atoms with E-state index in [1.165, 1.54) is 7.11 Å². The van der Waals surface area contributed by atoms with Gasteiger partial charge in [0.25, 0.3) is 0 Å². The van der Waals surface area contributed by atoms with Gasteiger partial charge in [-0.05, 0) is 26.9 Å². The summed E-state index contributed by atoms with van der Waals surface area (Å²) in [7, 11) is 5.53. The van der Waals surface area contributed by atoms with Crippen LogP contribution < -0.4 is 0 Å². The molecule has 1 aliphatic rings. The number of hydrogen-bond donors (Lipinski definition) is 0. The second-order valence-electron chi connectivity index (χ2n) is 4.09. The molecule has 0 unspecified atom stereocenters. The van der Waals surface area contributed by atoms with Gasteiger partial charge in [-0.15, -0.1) is 0 Å². The van der Waals surface area contributed by atoms with E-state index < -0.39 is 0 Å². The van der Waals surface area contributed by atoms with Crippen molar-refractivity contribution >= 4 is 5.97 Å². The lowest BCUT2D eigenvalue weighted by atomic mass is 10.1. The second-order valence-corrected chi connectivity index (χ2v) is 4.09. The van der Waals surface area contributed by atoms with Gasteiger partial charge >= 0.3 is 5.97 Å². The van der Waals surface area contributed by atoms with Gasteiger partial charge in [0, 0.05) is 25.8 Å². The highest BCUT2D eigenvalue weighted by molar-refractivity contribution is 5.88. The van der Waals surface area contributed by atoms with Crippen LogP contribution >= 0.6 is 0 Å². The molecule has 1 rings (SSSR count). The van der Waals surface area contributed by atoms with E-state index in [-0.39, 0.29) is 5.97 Å². The van der Waals surface area contributed by atoms with E-state index in [9.17, 15) is 4.79 Å². The summed E-state index contributed by atoms with van der Waals surface area (Å²) in [5.74, 6) is -0.190. The molecule has 0 aromatic rings. The van der Waals surface area contributed by atoms with Crippen molar-refractivity contribution in [1.82, 2.24) is 9.80 Å². The van der Waals surface area contributed by atoms with Crippen molar-refractivity contribution in [1.29, 1.82) is 0 Å². The van der Waals surface area contributed by atoms with Crippen LogP contribution in [0.3, 0.4) is 0 Å². The van der Waals surface area contributed by atoms with Gasteiger partial charge in [0.15, 0.2) is 0 Å². The van der Waals surface area contributed by atoms with Crippen LogP contribution in [0.5, 0.6) is 0 Å². The van der Waals surface area contributed by atoms with Crippen molar-refractivity contribution in [3.63, 3.8) is 0 Å². The predicted octanol–water partition coefficient (Wildman–Crippen LogP) is 0.701. The first-order chi connectivity index (χ1) is 7.13. The molecule has 0 spiro atoms. The van der Waals surface area contributed by atoms with Crippen molar-refractivity contribution in [3.8, 4) is 0 Å². The van der Waals surface area contributed by atoms with Crippen LogP contribution in [0.1, 0.15) is 12.8 Å². The minimum absolute atomic E-state index is 0.190. The molecule has 0 aromatic heterocycles. The minimum atomic E-state index is -0.190. The van der Waals surface area contributed by atoms with Crippen molar-refractivity contribution in [2.24, 2.45) is 0 Å². The largest absolute Gasteiger partial charge is 0.466 e. The number of carbonyl (C=O) groups is 1. The zero-order valence-corrected chi connectivity index (χ0v) is 9.82. The van der Waals surface area contributed by atoms with Gasteiger partial charge in [0.1, 0.15) is 0 Å². The summed E-state index contributed by atoms with van der Waals surface area (Å²) in [5, 5.41) is 0. The average molecular weight is 212 g/mol. The lowest BCUT2D eigenvalue weighted by Crippen LogP contribution is -2.31. The monoisotopic (exact) mass is 212 g/mol. The fraction of sp³-hybridized carbons (Fsp3) is 0.727. The molecule has 0 bridgehead atoms. The van der Waals surface area contributed by atoms with Crippen molar-refractivity contribution in [2.45, 2.75) is 12.8 Å². The summed E-state index contributed by atoms with van der Waals surface area (Å²) in [5.41, 5.74) is 0.794. The molecule has 0 N–H and O–H groups in total. The van der Waals surface area contributed by atoms with Crippen LogP contribution in [0.15, 0.2) is 11.8 Å². The molecule has 4 heteroatoms. The first kappa shape index (κ1) is 12.0. The molecule has 0 aromatic carbocycles. The molecule has 4 nitrogen and oxygen atoms in total. The van der Waals surface area contributed by atoms with Crippen LogP contribution in [-0.2, 0) is 9.53 Å². The molecule has 0 saturated carbocycles. The maximum absolute atomic E-state index is 11.3. The number of hydrogen-bond acceptors (Lipinski definition) is 4. The molecule has 1 aliphatic heterocycles. The smallest absolute Gasteiger partial charge is 0.335 e. The maximum atomic E-state index is 11.3. The van der Waals surface area contributed by atoms with Crippen molar-refractivity contribution < 1.29 is 9.53 Å². The quantitative estimate of drug-likeness (QED) is 0.642. The van der Waals surface area contributed by atoms with Gasteiger partial charge in [-0.25, -0.2) is 4.79 Å². The molecule has 0 atom stereocenters. The fourth-order valence-corrected chi connectivity index (χ4v) is 1.61. The maximum Gasteiger partial charge on any atom is 0.335 e. The van der Waals surface area contributed by atoms with E-state index in [1.54, 1.807) is 0 Å². The summed E-state index contributed by atoms with van der Waals surface area (Å²) in [4.78, 5) is 15.7. The van der Waals surface area contributed by atoms with E-state index in [2.05, 4.69) is 23.9 Å². The summed E-state index contributed by atoms with van der Waals surface area (Å²) in [6.45, 7) is 3.01. The van der Waals surface area contributed by atoms with Crippen LogP contribution in [-0.4, -0.2) is 56.6 Å². The topological polar surface area (TPSA) is 32.8 Å². The molecule has 86 valence electrons. The Labute approximate surface area is 91.5 Å². The van der Waals surface area contributed by atoms with Gasteiger partial charge in [-0.1, -0.05) is 0 Å². The normalized spacial score (nSPS) is 16.5. The van der Waals surface area contributed by atoms with Crippen molar-refractivity contribution in [3.05, 3.63) is 11.8 Å². The second kappa shape index (κ2) is 5.75. The lowest BCUT2D eigenvalue weighted by Gasteiger charge is -2.27. The van der Waals surface area contributed by atoms with Crippen LogP contribution in [0.25, 0.3) is 0 Å². The Morgan fingerprint density at radius 1 is 1.60 bits per heavy atom. The number of ether oxygens (including phenoxy) is 1. The van der Waals surface area contributed by atoms with Gasteiger partial charge in [-0.3, -0.25) is 0 Å². The molecule has 0 aliphatic carbocycles. The van der Waals surface area contributed by atoms with Crippen LogP contribution in [0.4, 0.5) is 0 Å². The Bertz CT molecular complexity index is 249. The Hall–Kier alpha value is -1.03. The molecule has 0 radical (unpaired) electrons. The molecule has 0 amide bonds. The zero-order chi connectivity index (χ0) is 11.3. The Kier molecular flexibility index (Phi) is 4.62. The molecule has 1 heterocycles. The van der Waals surface area contributed by atoms with Gasteiger partial charge in [-0.2, -0.15) is 0 Å². The van der Waals surface area contributed by atoms with Crippen LogP contribution in [0, 0.1) is 0 Å². The van der Waals surface area contributed by atoms with E-state index in [1.807, 2.05) is 6.20 Å². The van der Waals surface area contributed by atoms with Crippen LogP contribution in [0.2, 0.25) is 0 Å². The predicted molar refractivity (Wildman–Crippen MR) is 59.5 cm³/mol. The highest BCUT2D eigenvalue weighted by atomic mass is 16.5. The summed E-state index contributed by atoms with van der Waals surface area (Å²) < 4.78 is 4.72. The number of rotatable bonds is 4. The molecule has 15 heavy (non-hydrogen) atoms. The first-order valence-electron chi connectivity index (χ1n) is 5.31. The molecule has 0 fully saturated rings. The average Bonchev–Trinajstić information content (AvgIpc) is 2.25. The Morgan fingerprint density at radius 2 is 2.33 bits per heavy atom. The van der Waals surface area contributed by atoms with E-state index in [0.29, 0.717) is 0 Å². The van der Waals surface area contributed by atoms with Gasteiger partial charge in [0.2, 0.25) is 0 Å². The fourth-order valence-electron chi connectivity index (χ4n) is 1.61.